The summed E-state index contributed by atoms with van der Waals surface area (Å²) in [5, 5.41) is 6.20. The van der Waals surface area contributed by atoms with Crippen molar-refractivity contribution < 1.29 is 19.1 Å². The van der Waals surface area contributed by atoms with E-state index in [1.165, 1.54) is 18.4 Å². The second-order valence-corrected chi connectivity index (χ2v) is 11.1. The van der Waals surface area contributed by atoms with Crippen molar-refractivity contribution in [2.45, 2.75) is 50.5 Å². The third kappa shape index (κ3) is 5.98. The fourth-order valence-electron chi connectivity index (χ4n) is 5.10. The van der Waals surface area contributed by atoms with Gasteiger partial charge in [0.15, 0.2) is 0 Å². The van der Waals surface area contributed by atoms with E-state index in [0.29, 0.717) is 40.1 Å². The molecule has 2 amide bonds. The molecule has 2 fully saturated rings. The molecule has 1 aromatic carbocycles. The number of esters is 1. The lowest BCUT2D eigenvalue weighted by Gasteiger charge is -2.38. The molecule has 2 heterocycles. The van der Waals surface area contributed by atoms with Gasteiger partial charge in [-0.1, -0.05) is 43.0 Å². The SMILES string of the molecule is COC(=O)c1ccccc1N1CCC(CNC(=O)C2(NC(=O)c3ccc(Cl)s3)CCCCC2)CC1. The molecule has 0 radical (unpaired) electrons. The second kappa shape index (κ2) is 11.4. The lowest BCUT2D eigenvalue weighted by molar-refractivity contribution is -0.128. The number of para-hydroxylation sites is 1. The number of piperidine rings is 1. The van der Waals surface area contributed by atoms with Gasteiger partial charge in [0, 0.05) is 19.6 Å². The summed E-state index contributed by atoms with van der Waals surface area (Å²) in [7, 11) is 1.39. The van der Waals surface area contributed by atoms with E-state index in [-0.39, 0.29) is 17.8 Å². The summed E-state index contributed by atoms with van der Waals surface area (Å²) in [6, 6.07) is 10.9. The number of hydrogen-bond donors (Lipinski definition) is 2. The van der Waals surface area contributed by atoms with Gasteiger partial charge in [0.05, 0.1) is 27.6 Å². The summed E-state index contributed by atoms with van der Waals surface area (Å²) in [6.45, 7) is 2.18. The van der Waals surface area contributed by atoms with Crippen LogP contribution < -0.4 is 15.5 Å². The van der Waals surface area contributed by atoms with Gasteiger partial charge in [-0.2, -0.15) is 0 Å². The monoisotopic (exact) mass is 517 g/mol. The van der Waals surface area contributed by atoms with E-state index < -0.39 is 5.54 Å². The molecule has 0 bridgehead atoms. The van der Waals surface area contributed by atoms with Crippen LogP contribution in [0.25, 0.3) is 0 Å². The van der Waals surface area contributed by atoms with Crippen LogP contribution in [0.15, 0.2) is 36.4 Å². The predicted octanol–water partition coefficient (Wildman–Crippen LogP) is 4.65. The molecular weight excluding hydrogens is 486 g/mol. The normalized spacial score (nSPS) is 18.1. The number of halogens is 1. The van der Waals surface area contributed by atoms with Crippen molar-refractivity contribution in [3.8, 4) is 0 Å². The molecule has 0 atom stereocenters. The van der Waals surface area contributed by atoms with Crippen LogP contribution in [0.3, 0.4) is 0 Å². The van der Waals surface area contributed by atoms with Gasteiger partial charge in [-0.15, -0.1) is 11.3 Å². The van der Waals surface area contributed by atoms with Crippen LogP contribution in [-0.4, -0.2) is 50.1 Å². The molecule has 0 unspecified atom stereocenters. The maximum atomic E-state index is 13.4. The van der Waals surface area contributed by atoms with Crippen LogP contribution >= 0.6 is 22.9 Å². The molecule has 9 heteroatoms. The van der Waals surface area contributed by atoms with Crippen molar-refractivity contribution in [3.63, 3.8) is 0 Å². The molecule has 2 aromatic rings. The number of nitrogens with one attached hydrogen (secondary N) is 2. The van der Waals surface area contributed by atoms with Gasteiger partial charge >= 0.3 is 5.97 Å². The van der Waals surface area contributed by atoms with E-state index >= 15 is 0 Å². The zero-order valence-electron chi connectivity index (χ0n) is 20.0. The summed E-state index contributed by atoms with van der Waals surface area (Å²) in [6.07, 6.45) is 6.00. The Morgan fingerprint density at radius 3 is 2.46 bits per heavy atom. The summed E-state index contributed by atoms with van der Waals surface area (Å²) < 4.78 is 5.48. The number of amides is 2. The van der Waals surface area contributed by atoms with Crippen molar-refractivity contribution in [1.29, 1.82) is 0 Å². The average Bonchev–Trinajstić information content (AvgIpc) is 3.34. The Balaban J connectivity index is 1.34. The van der Waals surface area contributed by atoms with Crippen LogP contribution in [-0.2, 0) is 9.53 Å². The number of benzene rings is 1. The Kier molecular flexibility index (Phi) is 8.34. The molecule has 1 aromatic heterocycles. The molecule has 4 rings (SSSR count). The number of anilines is 1. The van der Waals surface area contributed by atoms with E-state index in [1.54, 1.807) is 18.2 Å². The van der Waals surface area contributed by atoms with Gasteiger partial charge in [-0.05, 0) is 55.9 Å². The number of hydrogen-bond acceptors (Lipinski definition) is 6. The van der Waals surface area contributed by atoms with Gasteiger partial charge in [0.1, 0.15) is 5.54 Å². The molecule has 1 aliphatic heterocycles. The quantitative estimate of drug-likeness (QED) is 0.522. The summed E-state index contributed by atoms with van der Waals surface area (Å²) in [5.41, 5.74) is 0.592. The molecule has 1 saturated heterocycles. The third-order valence-corrected chi connectivity index (χ3v) is 8.34. The van der Waals surface area contributed by atoms with Crippen LogP contribution in [0.5, 0.6) is 0 Å². The fraction of sp³-hybridized carbons (Fsp3) is 0.500. The van der Waals surface area contributed by atoms with E-state index in [0.717, 1.165) is 50.9 Å². The Morgan fingerprint density at radius 1 is 1.09 bits per heavy atom. The number of carbonyl (C=O) groups is 3. The number of ether oxygens (including phenoxy) is 1. The average molecular weight is 518 g/mol. The zero-order chi connectivity index (χ0) is 24.8. The third-order valence-electron chi connectivity index (χ3n) is 7.11. The van der Waals surface area contributed by atoms with Crippen molar-refractivity contribution in [3.05, 3.63) is 51.2 Å². The van der Waals surface area contributed by atoms with Crippen molar-refractivity contribution in [1.82, 2.24) is 10.6 Å². The summed E-state index contributed by atoms with van der Waals surface area (Å²) >= 11 is 7.22. The maximum Gasteiger partial charge on any atom is 0.339 e. The minimum atomic E-state index is -0.869. The van der Waals surface area contributed by atoms with Gasteiger partial charge in [0.25, 0.3) is 5.91 Å². The Bertz CT molecular complexity index is 1060. The van der Waals surface area contributed by atoms with Crippen LogP contribution in [0.4, 0.5) is 5.69 Å². The highest BCUT2D eigenvalue weighted by Crippen LogP contribution is 2.31. The Hall–Kier alpha value is -2.58. The smallest absolute Gasteiger partial charge is 0.339 e. The summed E-state index contributed by atoms with van der Waals surface area (Å²) in [4.78, 5) is 41.1. The lowest BCUT2D eigenvalue weighted by Crippen LogP contribution is -2.60. The maximum absolute atomic E-state index is 13.4. The van der Waals surface area contributed by atoms with Gasteiger partial charge in [-0.3, -0.25) is 9.59 Å². The number of rotatable bonds is 7. The van der Waals surface area contributed by atoms with Crippen molar-refractivity contribution in [2.75, 3.05) is 31.6 Å². The molecule has 1 aliphatic carbocycles. The Labute approximate surface area is 215 Å². The minimum Gasteiger partial charge on any atom is -0.465 e. The molecule has 2 aliphatic rings. The van der Waals surface area contributed by atoms with E-state index in [4.69, 9.17) is 16.3 Å². The first-order valence-corrected chi connectivity index (χ1v) is 13.4. The first-order valence-electron chi connectivity index (χ1n) is 12.2. The molecular formula is C26H32ClN3O4S. The number of methoxy groups -OCH3 is 1. The van der Waals surface area contributed by atoms with Gasteiger partial charge in [0.2, 0.25) is 5.91 Å². The molecule has 188 valence electrons. The highest BCUT2D eigenvalue weighted by atomic mass is 35.5. The van der Waals surface area contributed by atoms with E-state index in [9.17, 15) is 14.4 Å². The molecule has 35 heavy (non-hydrogen) atoms. The van der Waals surface area contributed by atoms with Gasteiger partial charge in [-0.25, -0.2) is 4.79 Å². The molecule has 0 spiro atoms. The van der Waals surface area contributed by atoms with Crippen LogP contribution in [0.2, 0.25) is 4.34 Å². The second-order valence-electron chi connectivity index (χ2n) is 9.35. The van der Waals surface area contributed by atoms with Crippen LogP contribution in [0.1, 0.15) is 65.0 Å². The highest BCUT2D eigenvalue weighted by molar-refractivity contribution is 7.18. The van der Waals surface area contributed by atoms with Crippen LogP contribution in [0, 0.1) is 5.92 Å². The van der Waals surface area contributed by atoms with Gasteiger partial charge < -0.3 is 20.3 Å². The predicted molar refractivity (Wildman–Crippen MR) is 138 cm³/mol. The first kappa shape index (κ1) is 25.5. The largest absolute Gasteiger partial charge is 0.465 e. The first-order chi connectivity index (χ1) is 16.9. The topological polar surface area (TPSA) is 87.7 Å². The molecule has 7 nitrogen and oxygen atoms in total. The number of thiophene rings is 1. The summed E-state index contributed by atoms with van der Waals surface area (Å²) in [5.74, 6) is -0.323. The van der Waals surface area contributed by atoms with Crippen molar-refractivity contribution >= 4 is 46.4 Å². The molecule has 1 saturated carbocycles. The molecule has 2 N–H and O–H groups in total. The van der Waals surface area contributed by atoms with Crippen molar-refractivity contribution in [2.24, 2.45) is 5.92 Å². The standard InChI is InChI=1S/C26H32ClN3O4S/c1-34-24(32)19-7-3-4-8-20(19)30-15-11-18(12-16-30)17-28-25(33)26(13-5-2-6-14-26)29-23(31)21-9-10-22(27)35-21/h3-4,7-10,18H,2,5-6,11-17H2,1H3,(H,28,33)(H,29,31). The lowest BCUT2D eigenvalue weighted by atomic mass is 9.80. The van der Waals surface area contributed by atoms with E-state index in [1.807, 2.05) is 18.2 Å². The highest BCUT2D eigenvalue weighted by Gasteiger charge is 2.41. The van der Waals surface area contributed by atoms with E-state index in [2.05, 4.69) is 15.5 Å². The zero-order valence-corrected chi connectivity index (χ0v) is 21.6. The minimum absolute atomic E-state index is 0.0910. The fourth-order valence-corrected chi connectivity index (χ4v) is 6.03. The Morgan fingerprint density at radius 2 is 1.80 bits per heavy atom. The number of carbonyl (C=O) groups excluding carboxylic acids is 3. The number of nitrogens with zero attached hydrogens (tertiary/aromatic N) is 1.